The summed E-state index contributed by atoms with van der Waals surface area (Å²) in [6.45, 7) is 7.99. The number of ether oxygens (including phenoxy) is 4. The molecule has 0 rings (SSSR count). The molecule has 0 N–H and O–H groups in total. The smallest absolute Gasteiger partial charge is 0.375 e. The van der Waals surface area contributed by atoms with Crippen LogP contribution in [0.25, 0.3) is 0 Å². The highest BCUT2D eigenvalue weighted by molar-refractivity contribution is 6.37. The zero-order valence-electron chi connectivity index (χ0n) is 15.7. The summed E-state index contributed by atoms with van der Waals surface area (Å²) in [5.74, 6) is -4.28. The number of Topliss-reactive ketones (excluding diaryl/α,β-unsaturated/α-hetero) is 1. The molecule has 0 saturated heterocycles. The highest BCUT2D eigenvalue weighted by Gasteiger charge is 2.28. The summed E-state index contributed by atoms with van der Waals surface area (Å²) < 4.78 is 16.9. The second-order valence-electron chi connectivity index (χ2n) is 4.30. The number of ketones is 1. The Morgan fingerprint density at radius 1 is 0.840 bits per heavy atom. The molecule has 0 amide bonds. The van der Waals surface area contributed by atoms with Gasteiger partial charge in [0.1, 0.15) is 5.92 Å². The van der Waals surface area contributed by atoms with Crippen molar-refractivity contribution in [1.29, 1.82) is 0 Å². The Bertz CT molecular complexity index is 474. The summed E-state index contributed by atoms with van der Waals surface area (Å²) >= 11 is 0. The summed E-state index contributed by atoms with van der Waals surface area (Å²) in [7, 11) is 4.93. The molecule has 0 spiro atoms. The van der Waals surface area contributed by atoms with Gasteiger partial charge in [-0.05, 0) is 13.8 Å². The zero-order valence-corrected chi connectivity index (χ0v) is 15.7. The first-order chi connectivity index (χ1) is 11.5. The van der Waals surface area contributed by atoms with Crippen LogP contribution in [0.3, 0.4) is 0 Å². The predicted octanol–water partition coefficient (Wildman–Crippen LogP) is 0.843. The Kier molecular flexibility index (Phi) is 17.5. The first-order valence-electron chi connectivity index (χ1n) is 7.04. The molecule has 0 aromatic rings. The van der Waals surface area contributed by atoms with Gasteiger partial charge in [0.2, 0.25) is 0 Å². The summed E-state index contributed by atoms with van der Waals surface area (Å²) in [5.41, 5.74) is 0.433. The van der Waals surface area contributed by atoms with E-state index in [1.165, 1.54) is 21.1 Å². The standard InChI is InChI=1S/C7H10O5.C5H8O2.C4H8O2/c1-4(6(9)11-2)5(8)7(10)12-3;1-4(2)5(6)7-3;1-3-4(5)6-2/h4H,1-3H3;1H2,2-3H3;3H2,1-2H3. The number of carbonyl (C=O) groups is 5. The third-order valence-electron chi connectivity index (χ3n) is 2.38. The van der Waals surface area contributed by atoms with Gasteiger partial charge in [0.25, 0.3) is 5.78 Å². The molecule has 0 aromatic carbocycles. The van der Waals surface area contributed by atoms with E-state index in [2.05, 4.69) is 25.5 Å². The van der Waals surface area contributed by atoms with E-state index < -0.39 is 23.6 Å². The van der Waals surface area contributed by atoms with Crippen LogP contribution in [0.1, 0.15) is 27.2 Å². The lowest BCUT2D eigenvalue weighted by Gasteiger charge is -2.05. The van der Waals surface area contributed by atoms with Crippen molar-refractivity contribution in [3.05, 3.63) is 12.2 Å². The number of methoxy groups -OCH3 is 4. The van der Waals surface area contributed by atoms with Crippen molar-refractivity contribution in [3.63, 3.8) is 0 Å². The van der Waals surface area contributed by atoms with Gasteiger partial charge in [-0.25, -0.2) is 9.59 Å². The SMILES string of the molecule is C=C(C)C(=O)OC.CCC(=O)OC.COC(=O)C(=O)C(C)C(=O)OC. The van der Waals surface area contributed by atoms with Crippen LogP contribution in [0.5, 0.6) is 0 Å². The van der Waals surface area contributed by atoms with E-state index >= 15 is 0 Å². The molecule has 0 aliphatic rings. The van der Waals surface area contributed by atoms with Crippen LogP contribution in [-0.4, -0.2) is 58.1 Å². The van der Waals surface area contributed by atoms with Crippen LogP contribution >= 0.6 is 0 Å². The molecule has 9 nitrogen and oxygen atoms in total. The highest BCUT2D eigenvalue weighted by atomic mass is 16.5. The largest absolute Gasteiger partial charge is 0.469 e. The molecule has 144 valence electrons. The second kappa shape index (κ2) is 16.2. The Balaban J connectivity index is -0.000000317. The molecule has 0 aliphatic heterocycles. The third-order valence-corrected chi connectivity index (χ3v) is 2.38. The van der Waals surface area contributed by atoms with Crippen LogP contribution in [0.4, 0.5) is 0 Å². The molecular formula is C16H26O9. The molecular weight excluding hydrogens is 336 g/mol. The molecule has 0 aromatic heterocycles. The quantitative estimate of drug-likeness (QED) is 0.230. The molecule has 9 heteroatoms. The lowest BCUT2D eigenvalue weighted by molar-refractivity contribution is -0.159. The fourth-order valence-electron chi connectivity index (χ4n) is 0.880. The van der Waals surface area contributed by atoms with Crippen molar-refractivity contribution < 1.29 is 42.9 Å². The number of hydrogen-bond acceptors (Lipinski definition) is 9. The molecule has 0 radical (unpaired) electrons. The van der Waals surface area contributed by atoms with E-state index in [4.69, 9.17) is 0 Å². The predicted molar refractivity (Wildman–Crippen MR) is 87.3 cm³/mol. The number of hydrogen-bond donors (Lipinski definition) is 0. The third kappa shape index (κ3) is 14.6. The molecule has 0 fully saturated rings. The summed E-state index contributed by atoms with van der Waals surface area (Å²) in [6.07, 6.45) is 0.469. The Morgan fingerprint density at radius 2 is 1.28 bits per heavy atom. The lowest BCUT2D eigenvalue weighted by Crippen LogP contribution is -2.29. The van der Waals surface area contributed by atoms with E-state index in [9.17, 15) is 24.0 Å². The maximum atomic E-state index is 10.9. The fourth-order valence-corrected chi connectivity index (χ4v) is 0.880. The minimum Gasteiger partial charge on any atom is -0.469 e. The van der Waals surface area contributed by atoms with Crippen molar-refractivity contribution in [2.45, 2.75) is 27.2 Å². The van der Waals surface area contributed by atoms with Crippen LogP contribution < -0.4 is 0 Å². The summed E-state index contributed by atoms with van der Waals surface area (Å²) in [4.78, 5) is 52.4. The summed E-state index contributed by atoms with van der Waals surface area (Å²) in [6, 6.07) is 0. The second-order valence-corrected chi connectivity index (χ2v) is 4.30. The maximum Gasteiger partial charge on any atom is 0.375 e. The Morgan fingerprint density at radius 3 is 1.44 bits per heavy atom. The van der Waals surface area contributed by atoms with Gasteiger partial charge in [0.15, 0.2) is 0 Å². The van der Waals surface area contributed by atoms with Gasteiger partial charge < -0.3 is 18.9 Å². The van der Waals surface area contributed by atoms with Gasteiger partial charge in [0.05, 0.1) is 28.4 Å². The van der Waals surface area contributed by atoms with Gasteiger partial charge in [-0.15, -0.1) is 0 Å². The molecule has 0 bridgehead atoms. The van der Waals surface area contributed by atoms with E-state index in [1.807, 2.05) is 0 Å². The lowest BCUT2D eigenvalue weighted by atomic mass is 10.1. The van der Waals surface area contributed by atoms with Crippen molar-refractivity contribution in [1.82, 2.24) is 0 Å². The minimum atomic E-state index is -1.09. The fraction of sp³-hybridized carbons (Fsp3) is 0.562. The topological polar surface area (TPSA) is 122 Å². The Labute approximate surface area is 147 Å². The highest BCUT2D eigenvalue weighted by Crippen LogP contribution is 2.00. The molecule has 0 aliphatic carbocycles. The maximum absolute atomic E-state index is 10.9. The van der Waals surface area contributed by atoms with Gasteiger partial charge in [-0.3, -0.25) is 14.4 Å². The first kappa shape index (κ1) is 27.2. The van der Waals surface area contributed by atoms with Gasteiger partial charge in [0, 0.05) is 12.0 Å². The normalized spacial score (nSPS) is 9.56. The average molecular weight is 362 g/mol. The number of esters is 4. The molecule has 0 heterocycles. The van der Waals surface area contributed by atoms with E-state index in [0.29, 0.717) is 12.0 Å². The van der Waals surface area contributed by atoms with Crippen LogP contribution in [0.2, 0.25) is 0 Å². The number of carbonyl (C=O) groups excluding carboxylic acids is 5. The van der Waals surface area contributed by atoms with E-state index in [-0.39, 0.29) is 11.9 Å². The van der Waals surface area contributed by atoms with Crippen molar-refractivity contribution in [2.24, 2.45) is 5.92 Å². The minimum absolute atomic E-state index is 0.157. The van der Waals surface area contributed by atoms with Crippen LogP contribution in [-0.2, 0) is 42.9 Å². The molecule has 0 saturated carbocycles. The van der Waals surface area contributed by atoms with Crippen molar-refractivity contribution >= 4 is 29.7 Å². The molecule has 1 atom stereocenters. The van der Waals surface area contributed by atoms with Gasteiger partial charge in [-0.2, -0.15) is 0 Å². The van der Waals surface area contributed by atoms with Crippen molar-refractivity contribution in [2.75, 3.05) is 28.4 Å². The Hall–Kier alpha value is -2.71. The van der Waals surface area contributed by atoms with Crippen molar-refractivity contribution in [3.8, 4) is 0 Å². The van der Waals surface area contributed by atoms with E-state index in [0.717, 1.165) is 14.2 Å². The monoisotopic (exact) mass is 362 g/mol. The summed E-state index contributed by atoms with van der Waals surface area (Å²) in [5, 5.41) is 0. The van der Waals surface area contributed by atoms with Crippen LogP contribution in [0.15, 0.2) is 12.2 Å². The molecule has 1 unspecified atom stereocenters. The van der Waals surface area contributed by atoms with Gasteiger partial charge >= 0.3 is 23.9 Å². The first-order valence-corrected chi connectivity index (χ1v) is 7.04. The number of rotatable bonds is 5. The van der Waals surface area contributed by atoms with Gasteiger partial charge in [-0.1, -0.05) is 13.5 Å². The van der Waals surface area contributed by atoms with Crippen LogP contribution in [0, 0.1) is 5.92 Å². The van der Waals surface area contributed by atoms with E-state index in [1.54, 1.807) is 13.8 Å². The average Bonchev–Trinajstić information content (AvgIpc) is 2.64. The zero-order chi connectivity index (χ0) is 20.6. The molecule has 25 heavy (non-hydrogen) atoms.